The average Bonchev–Trinajstić information content (AvgIpc) is 2.61. The highest BCUT2D eigenvalue weighted by molar-refractivity contribution is 9.10. The third-order valence-corrected chi connectivity index (χ3v) is 4.50. The van der Waals surface area contributed by atoms with Crippen LogP contribution in [0, 0.1) is 19.7 Å². The van der Waals surface area contributed by atoms with Crippen molar-refractivity contribution in [1.82, 2.24) is 0 Å². The summed E-state index contributed by atoms with van der Waals surface area (Å²) >= 11 is 3.48. The van der Waals surface area contributed by atoms with Crippen LogP contribution in [0.2, 0.25) is 0 Å². The SMILES string of the molecule is Cc1ccc(N=Cc2cc(Br)ccc2OCc2ccccc2F)c(C)c1. The first-order valence-corrected chi connectivity index (χ1v) is 9.09. The van der Waals surface area contributed by atoms with Crippen molar-refractivity contribution in [3.63, 3.8) is 0 Å². The second-order valence-corrected chi connectivity index (χ2v) is 7.03. The topological polar surface area (TPSA) is 21.6 Å². The Labute approximate surface area is 161 Å². The molecular formula is C22H19BrFNO. The molecule has 0 aliphatic heterocycles. The Morgan fingerprint density at radius 3 is 2.62 bits per heavy atom. The maximum Gasteiger partial charge on any atom is 0.129 e. The van der Waals surface area contributed by atoms with Gasteiger partial charge in [0.25, 0.3) is 0 Å². The zero-order chi connectivity index (χ0) is 18.5. The number of aliphatic imine (C=N–C) groups is 1. The number of aryl methyl sites for hydroxylation is 2. The van der Waals surface area contributed by atoms with Gasteiger partial charge in [0.1, 0.15) is 18.2 Å². The molecule has 0 amide bonds. The van der Waals surface area contributed by atoms with Gasteiger partial charge in [0.15, 0.2) is 0 Å². The van der Waals surface area contributed by atoms with Gasteiger partial charge in [-0.25, -0.2) is 4.39 Å². The second-order valence-electron chi connectivity index (χ2n) is 6.11. The van der Waals surface area contributed by atoms with Crippen molar-refractivity contribution in [3.8, 4) is 5.75 Å². The Hall–Kier alpha value is -2.46. The number of hydrogen-bond acceptors (Lipinski definition) is 2. The molecule has 3 rings (SSSR count). The molecular weight excluding hydrogens is 393 g/mol. The predicted molar refractivity (Wildman–Crippen MR) is 108 cm³/mol. The van der Waals surface area contributed by atoms with Gasteiger partial charge in [-0.05, 0) is 49.7 Å². The average molecular weight is 412 g/mol. The molecule has 2 nitrogen and oxygen atoms in total. The number of rotatable bonds is 5. The van der Waals surface area contributed by atoms with E-state index in [1.165, 1.54) is 11.6 Å². The van der Waals surface area contributed by atoms with Crippen molar-refractivity contribution in [2.24, 2.45) is 4.99 Å². The molecule has 0 unspecified atom stereocenters. The summed E-state index contributed by atoms with van der Waals surface area (Å²) in [6.07, 6.45) is 1.78. The van der Waals surface area contributed by atoms with E-state index in [1.54, 1.807) is 24.4 Å². The summed E-state index contributed by atoms with van der Waals surface area (Å²) in [5.74, 6) is 0.389. The van der Waals surface area contributed by atoms with E-state index in [4.69, 9.17) is 4.74 Å². The summed E-state index contributed by atoms with van der Waals surface area (Å²) in [4.78, 5) is 4.59. The van der Waals surface area contributed by atoms with E-state index < -0.39 is 0 Å². The van der Waals surface area contributed by atoms with Crippen molar-refractivity contribution in [3.05, 3.63) is 93.2 Å². The quantitative estimate of drug-likeness (QED) is 0.437. The first-order valence-electron chi connectivity index (χ1n) is 8.30. The molecule has 0 aliphatic carbocycles. The normalized spacial score (nSPS) is 11.1. The van der Waals surface area contributed by atoms with Crippen molar-refractivity contribution < 1.29 is 9.13 Å². The van der Waals surface area contributed by atoms with E-state index in [0.29, 0.717) is 11.3 Å². The van der Waals surface area contributed by atoms with E-state index in [2.05, 4.69) is 33.9 Å². The molecule has 132 valence electrons. The third-order valence-electron chi connectivity index (χ3n) is 4.01. The summed E-state index contributed by atoms with van der Waals surface area (Å²) in [7, 11) is 0. The van der Waals surface area contributed by atoms with Gasteiger partial charge in [-0.15, -0.1) is 0 Å². The van der Waals surface area contributed by atoms with Crippen LogP contribution in [-0.4, -0.2) is 6.21 Å². The highest BCUT2D eigenvalue weighted by Gasteiger charge is 2.06. The summed E-state index contributed by atoms with van der Waals surface area (Å²) in [6, 6.07) is 18.4. The molecule has 0 radical (unpaired) electrons. The molecule has 0 aromatic heterocycles. The lowest BCUT2D eigenvalue weighted by atomic mass is 10.1. The maximum absolute atomic E-state index is 13.8. The van der Waals surface area contributed by atoms with Crippen LogP contribution in [0.1, 0.15) is 22.3 Å². The van der Waals surface area contributed by atoms with Crippen molar-refractivity contribution in [2.75, 3.05) is 0 Å². The Kier molecular flexibility index (Phi) is 5.84. The second kappa shape index (κ2) is 8.28. The Morgan fingerprint density at radius 2 is 1.85 bits per heavy atom. The largest absolute Gasteiger partial charge is 0.488 e. The summed E-state index contributed by atoms with van der Waals surface area (Å²) < 4.78 is 20.6. The van der Waals surface area contributed by atoms with Crippen LogP contribution in [0.3, 0.4) is 0 Å². The van der Waals surface area contributed by atoms with Crippen LogP contribution in [0.25, 0.3) is 0 Å². The van der Waals surface area contributed by atoms with E-state index >= 15 is 0 Å². The molecule has 0 bridgehead atoms. The van der Waals surface area contributed by atoms with Gasteiger partial charge in [-0.2, -0.15) is 0 Å². The Bertz CT molecular complexity index is 953. The molecule has 0 saturated carbocycles. The highest BCUT2D eigenvalue weighted by atomic mass is 79.9. The molecule has 0 aliphatic rings. The van der Waals surface area contributed by atoms with Gasteiger partial charge in [-0.3, -0.25) is 4.99 Å². The summed E-state index contributed by atoms with van der Waals surface area (Å²) in [5.41, 5.74) is 4.59. The standard InChI is InChI=1S/C22H19BrFNO/c1-15-7-9-21(16(2)11-15)25-13-18-12-19(23)8-10-22(18)26-14-17-5-3-4-6-20(17)24/h3-13H,14H2,1-2H3. The number of ether oxygens (including phenoxy) is 1. The third kappa shape index (κ3) is 4.58. The lowest BCUT2D eigenvalue weighted by Crippen LogP contribution is -2.00. The zero-order valence-corrected chi connectivity index (χ0v) is 16.3. The Balaban J connectivity index is 1.84. The Morgan fingerprint density at radius 1 is 1.04 bits per heavy atom. The summed E-state index contributed by atoms with van der Waals surface area (Å²) in [6.45, 7) is 4.26. The fourth-order valence-corrected chi connectivity index (χ4v) is 2.99. The van der Waals surface area contributed by atoms with Gasteiger partial charge in [0, 0.05) is 21.8 Å². The van der Waals surface area contributed by atoms with E-state index in [9.17, 15) is 4.39 Å². The summed E-state index contributed by atoms with van der Waals surface area (Å²) in [5, 5.41) is 0. The molecule has 0 saturated heterocycles. The fourth-order valence-electron chi connectivity index (χ4n) is 2.61. The fraction of sp³-hybridized carbons (Fsp3) is 0.136. The van der Waals surface area contributed by atoms with Crippen LogP contribution in [0.4, 0.5) is 10.1 Å². The molecule has 0 fully saturated rings. The van der Waals surface area contributed by atoms with E-state index in [0.717, 1.165) is 21.3 Å². The smallest absolute Gasteiger partial charge is 0.129 e. The highest BCUT2D eigenvalue weighted by Crippen LogP contribution is 2.25. The minimum atomic E-state index is -0.268. The van der Waals surface area contributed by atoms with E-state index in [-0.39, 0.29) is 12.4 Å². The number of hydrogen-bond donors (Lipinski definition) is 0. The van der Waals surface area contributed by atoms with Crippen molar-refractivity contribution >= 4 is 27.8 Å². The van der Waals surface area contributed by atoms with Crippen LogP contribution >= 0.6 is 15.9 Å². The van der Waals surface area contributed by atoms with E-state index in [1.807, 2.05) is 37.3 Å². The lowest BCUT2D eigenvalue weighted by molar-refractivity contribution is 0.299. The molecule has 4 heteroatoms. The van der Waals surface area contributed by atoms with Gasteiger partial charge in [0.05, 0.1) is 5.69 Å². The number of benzene rings is 3. The predicted octanol–water partition coefficient (Wildman–Crippen LogP) is 6.53. The minimum Gasteiger partial charge on any atom is -0.488 e. The first-order chi connectivity index (χ1) is 12.5. The first kappa shape index (κ1) is 18.3. The van der Waals surface area contributed by atoms with Crippen LogP contribution in [0.5, 0.6) is 5.75 Å². The van der Waals surface area contributed by atoms with Gasteiger partial charge < -0.3 is 4.74 Å². The van der Waals surface area contributed by atoms with Crippen LogP contribution < -0.4 is 4.74 Å². The molecule has 0 spiro atoms. The van der Waals surface area contributed by atoms with Gasteiger partial charge >= 0.3 is 0 Å². The maximum atomic E-state index is 13.8. The minimum absolute atomic E-state index is 0.165. The molecule has 3 aromatic rings. The molecule has 0 N–H and O–H groups in total. The molecule has 0 heterocycles. The number of nitrogens with zero attached hydrogens (tertiary/aromatic N) is 1. The van der Waals surface area contributed by atoms with Crippen molar-refractivity contribution in [1.29, 1.82) is 0 Å². The zero-order valence-electron chi connectivity index (χ0n) is 14.7. The lowest BCUT2D eigenvalue weighted by Gasteiger charge is -2.10. The molecule has 3 aromatic carbocycles. The number of halogens is 2. The van der Waals surface area contributed by atoms with Gasteiger partial charge in [-0.1, -0.05) is 51.8 Å². The van der Waals surface area contributed by atoms with Crippen LogP contribution in [0.15, 0.2) is 70.1 Å². The van der Waals surface area contributed by atoms with Gasteiger partial charge in [0.2, 0.25) is 0 Å². The van der Waals surface area contributed by atoms with Crippen LogP contribution in [-0.2, 0) is 6.61 Å². The monoisotopic (exact) mass is 411 g/mol. The van der Waals surface area contributed by atoms with Crippen molar-refractivity contribution in [2.45, 2.75) is 20.5 Å². The molecule has 0 atom stereocenters. The molecule has 26 heavy (non-hydrogen) atoms.